The molecule has 0 saturated carbocycles. The van der Waals surface area contributed by atoms with Crippen molar-refractivity contribution < 1.29 is 19.1 Å². The Labute approximate surface area is 170 Å². The predicted molar refractivity (Wildman–Crippen MR) is 120 cm³/mol. The molecule has 7 heteroatoms. The molecule has 28 heavy (non-hydrogen) atoms. The van der Waals surface area contributed by atoms with Crippen LogP contribution in [0, 0.1) is 0 Å². The van der Waals surface area contributed by atoms with E-state index >= 15 is 0 Å². The van der Waals surface area contributed by atoms with Gasteiger partial charge >= 0.3 is 6.09 Å². The molecule has 2 amide bonds. The van der Waals surface area contributed by atoms with Crippen LogP contribution in [-0.2, 0) is 14.9 Å². The van der Waals surface area contributed by atoms with Gasteiger partial charge in [0.2, 0.25) is 0 Å². The Morgan fingerprint density at radius 2 is 1.89 bits per heavy atom. The maximum atomic E-state index is 13.8. The number of imide groups is 1. The van der Waals surface area contributed by atoms with Crippen molar-refractivity contribution in [3.05, 3.63) is 35.4 Å². The molecule has 0 aromatic heterocycles. The Kier molecular flexibility index (Phi) is 6.85. The number of ether oxygens (including phenoxy) is 2. The van der Waals surface area contributed by atoms with Crippen molar-refractivity contribution in [1.29, 1.82) is 0 Å². The highest BCUT2D eigenvalue weighted by atomic mass is 31.1. The summed E-state index contributed by atoms with van der Waals surface area (Å²) in [6, 6.07) is 5.33. The first-order valence-corrected chi connectivity index (χ1v) is 11.8. The van der Waals surface area contributed by atoms with Gasteiger partial charge in [0.1, 0.15) is 16.8 Å². The number of carbonyl (C=O) groups excluding carboxylic acids is 2. The van der Waals surface area contributed by atoms with E-state index in [4.69, 9.17) is 9.47 Å². The van der Waals surface area contributed by atoms with E-state index in [1.165, 1.54) is 0 Å². The molecular weight excluding hydrogens is 392 g/mol. The molecule has 0 radical (unpaired) electrons. The van der Waals surface area contributed by atoms with E-state index in [-0.39, 0.29) is 5.91 Å². The van der Waals surface area contributed by atoms with Crippen LogP contribution in [0.25, 0.3) is 0 Å². The first-order chi connectivity index (χ1) is 13.2. The summed E-state index contributed by atoms with van der Waals surface area (Å²) < 4.78 is 10.9. The average Bonchev–Trinajstić information content (AvgIpc) is 2.87. The zero-order valence-corrected chi connectivity index (χ0v) is 19.2. The Hall–Kier alpha value is -1.96. The molecule has 0 saturated heterocycles. The van der Waals surface area contributed by atoms with E-state index in [0.29, 0.717) is 11.4 Å². The van der Waals surface area contributed by atoms with Gasteiger partial charge in [-0.25, -0.2) is 9.69 Å². The normalized spacial score (nSPS) is 20.2. The molecule has 0 spiro atoms. The molecule has 1 aromatic rings. The van der Waals surface area contributed by atoms with Crippen LogP contribution in [-0.4, -0.2) is 49.6 Å². The second kappa shape index (κ2) is 8.59. The summed E-state index contributed by atoms with van der Waals surface area (Å²) in [7, 11) is 3.53. The van der Waals surface area contributed by atoms with E-state index in [1.807, 2.05) is 44.0 Å². The molecule has 1 unspecified atom stereocenters. The van der Waals surface area contributed by atoms with Crippen LogP contribution >= 0.6 is 16.4 Å². The summed E-state index contributed by atoms with van der Waals surface area (Å²) in [5.74, 6) is 4.25. The molecule has 0 aliphatic carbocycles. The third-order valence-electron chi connectivity index (χ3n) is 4.34. The van der Waals surface area contributed by atoms with Crippen LogP contribution in [0.5, 0.6) is 5.75 Å². The number of methoxy groups -OCH3 is 1. The van der Waals surface area contributed by atoms with Gasteiger partial charge in [-0.1, -0.05) is 6.08 Å². The van der Waals surface area contributed by atoms with E-state index in [1.54, 1.807) is 40.0 Å². The fourth-order valence-electron chi connectivity index (χ4n) is 3.26. The van der Waals surface area contributed by atoms with Gasteiger partial charge in [-0.3, -0.25) is 4.79 Å². The van der Waals surface area contributed by atoms with E-state index in [9.17, 15) is 9.59 Å². The van der Waals surface area contributed by atoms with E-state index in [2.05, 4.69) is 0 Å². The van der Waals surface area contributed by atoms with Crippen LogP contribution in [0.2, 0.25) is 0 Å². The molecule has 1 atom stereocenters. The zero-order chi connectivity index (χ0) is 21.1. The average molecular weight is 419 g/mol. The summed E-state index contributed by atoms with van der Waals surface area (Å²) in [5.41, 5.74) is 0.330. The summed E-state index contributed by atoms with van der Waals surface area (Å²) in [4.78, 5) is 27.9. The molecule has 0 fully saturated rings. The van der Waals surface area contributed by atoms with Gasteiger partial charge < -0.3 is 9.47 Å². The lowest BCUT2D eigenvalue weighted by Crippen LogP contribution is -2.47. The van der Waals surface area contributed by atoms with E-state index < -0.39 is 17.1 Å². The summed E-state index contributed by atoms with van der Waals surface area (Å²) in [6.45, 7) is 11.2. The predicted octanol–water partition coefficient (Wildman–Crippen LogP) is 4.92. The lowest BCUT2D eigenvalue weighted by atomic mass is 9.77. The molecule has 1 heterocycles. The number of allylic oxidation sites excluding steroid dienone is 1. The molecule has 5 nitrogen and oxygen atoms in total. The summed E-state index contributed by atoms with van der Waals surface area (Å²) in [6.07, 6.45) is 1.26. The number of hydrogen-bond donors (Lipinski definition) is 0. The van der Waals surface area contributed by atoms with Gasteiger partial charge in [0.15, 0.2) is 0 Å². The van der Waals surface area contributed by atoms with Crippen molar-refractivity contribution in [2.75, 3.05) is 25.3 Å². The Morgan fingerprint density at radius 1 is 1.21 bits per heavy atom. The Balaban J connectivity index is 2.81. The molecule has 0 N–H and O–H groups in total. The lowest BCUT2D eigenvalue weighted by Gasteiger charge is -2.27. The Morgan fingerprint density at radius 3 is 2.39 bits per heavy atom. The number of hydrogen-bond acceptors (Lipinski definition) is 4. The van der Waals surface area contributed by atoms with Crippen LogP contribution in [0.15, 0.2) is 29.8 Å². The van der Waals surface area contributed by atoms with Gasteiger partial charge in [0.05, 0.1) is 12.8 Å². The molecular formula is C21H27NO4P2. The third kappa shape index (κ3) is 3.92. The minimum Gasteiger partial charge on any atom is -0.497 e. The van der Waals surface area contributed by atoms with Gasteiger partial charge in [0, 0.05) is 5.56 Å². The SMILES string of the molecule is C/C=C(\C=PC)C1(C=PC)C(=O)N(C(=O)OC(C)(C)C)c2ccc(OC)cc21. The molecule has 1 aliphatic heterocycles. The van der Waals surface area contributed by atoms with Crippen molar-refractivity contribution >= 4 is 45.7 Å². The van der Waals surface area contributed by atoms with Crippen molar-refractivity contribution in [3.63, 3.8) is 0 Å². The number of nitrogens with zero attached hydrogens (tertiary/aromatic N) is 1. The molecule has 1 aromatic carbocycles. The highest BCUT2D eigenvalue weighted by molar-refractivity contribution is 7.39. The fourth-order valence-corrected chi connectivity index (χ4v) is 4.67. The van der Waals surface area contributed by atoms with Gasteiger partial charge in [0.25, 0.3) is 5.91 Å². The monoisotopic (exact) mass is 419 g/mol. The molecule has 0 bridgehead atoms. The minimum absolute atomic E-state index is 0.327. The lowest BCUT2D eigenvalue weighted by molar-refractivity contribution is -0.119. The number of rotatable bonds is 4. The number of amides is 2. The summed E-state index contributed by atoms with van der Waals surface area (Å²) >= 11 is 0. The van der Waals surface area contributed by atoms with E-state index in [0.717, 1.165) is 32.4 Å². The maximum Gasteiger partial charge on any atom is 0.421 e. The second-order valence-corrected chi connectivity index (χ2v) is 8.88. The first-order valence-electron chi connectivity index (χ1n) is 8.94. The van der Waals surface area contributed by atoms with Gasteiger partial charge in [-0.2, -0.15) is 0 Å². The molecule has 2 rings (SSSR count). The minimum atomic E-state index is -1.06. The van der Waals surface area contributed by atoms with Crippen molar-refractivity contribution in [1.82, 2.24) is 0 Å². The summed E-state index contributed by atoms with van der Waals surface area (Å²) in [5, 5.41) is 0. The van der Waals surface area contributed by atoms with Crippen molar-refractivity contribution in [3.8, 4) is 5.75 Å². The van der Waals surface area contributed by atoms with Gasteiger partial charge in [-0.05, 0) is 76.4 Å². The smallest absolute Gasteiger partial charge is 0.421 e. The topological polar surface area (TPSA) is 55.8 Å². The highest BCUT2D eigenvalue weighted by Crippen LogP contribution is 2.47. The third-order valence-corrected chi connectivity index (χ3v) is 5.53. The number of benzene rings is 1. The standard InChI is InChI=1S/C21H27NO4P2/c1-8-14(12-27-6)21(13-28-7)16-11-15(25-5)9-10-17(16)22(18(21)23)19(24)26-20(2,3)4/h8-13H,1-7H3/b14-8+. The molecule has 150 valence electrons. The second-order valence-electron chi connectivity index (χ2n) is 7.33. The maximum absolute atomic E-state index is 13.8. The highest BCUT2D eigenvalue weighted by Gasteiger charge is 2.54. The Bertz CT molecular complexity index is 868. The van der Waals surface area contributed by atoms with Gasteiger partial charge in [-0.15, -0.1) is 16.4 Å². The number of fused-ring (bicyclic) bond motifs is 1. The van der Waals surface area contributed by atoms with Crippen LogP contribution in [0.4, 0.5) is 10.5 Å². The van der Waals surface area contributed by atoms with Crippen LogP contribution < -0.4 is 9.64 Å². The van der Waals surface area contributed by atoms with Crippen molar-refractivity contribution in [2.45, 2.75) is 38.7 Å². The largest absolute Gasteiger partial charge is 0.497 e. The van der Waals surface area contributed by atoms with Crippen molar-refractivity contribution in [2.24, 2.45) is 0 Å². The first kappa shape index (κ1) is 22.3. The zero-order valence-electron chi connectivity index (χ0n) is 17.4. The molecule has 1 aliphatic rings. The van der Waals surface area contributed by atoms with Crippen LogP contribution in [0.3, 0.4) is 0 Å². The number of anilines is 1. The number of carbonyl (C=O) groups is 2. The van der Waals surface area contributed by atoms with Crippen LogP contribution in [0.1, 0.15) is 33.3 Å². The quantitative estimate of drug-likeness (QED) is 0.651. The fraction of sp³-hybridized carbons (Fsp3) is 0.429.